The van der Waals surface area contributed by atoms with E-state index in [2.05, 4.69) is 30.6 Å². The van der Waals surface area contributed by atoms with Crippen LogP contribution in [0.3, 0.4) is 0 Å². The maximum atomic E-state index is 4.01. The standard InChI is InChI=1S/C12H21N.C2H6/c1-4-5-11(2)6-8-13-9-7-12(3)10-13;1-2/h4-5,12H,2,6-10H2,1,3H3;1-2H3/b5-4-;. The lowest BCUT2D eigenvalue weighted by Crippen LogP contribution is -2.21. The summed E-state index contributed by atoms with van der Waals surface area (Å²) in [6.07, 6.45) is 6.67. The molecule has 0 bridgehead atoms. The molecular formula is C14H27N. The second-order valence-electron chi connectivity index (χ2n) is 4.10. The summed E-state index contributed by atoms with van der Waals surface area (Å²) >= 11 is 0. The zero-order valence-electron chi connectivity index (χ0n) is 10.9. The van der Waals surface area contributed by atoms with E-state index in [1.54, 1.807) is 0 Å². The molecule has 1 fully saturated rings. The molecular weight excluding hydrogens is 182 g/mol. The first-order valence-corrected chi connectivity index (χ1v) is 6.25. The number of hydrogen-bond donors (Lipinski definition) is 0. The smallest absolute Gasteiger partial charge is 0.00217 e. The Morgan fingerprint density at radius 2 is 2.13 bits per heavy atom. The number of rotatable bonds is 4. The predicted octanol–water partition coefficient (Wildman–Crippen LogP) is 3.88. The van der Waals surface area contributed by atoms with Crippen LogP contribution in [-0.2, 0) is 0 Å². The maximum Gasteiger partial charge on any atom is 0.00217 e. The van der Waals surface area contributed by atoms with Crippen molar-refractivity contribution >= 4 is 0 Å². The molecule has 1 atom stereocenters. The van der Waals surface area contributed by atoms with Crippen molar-refractivity contribution in [1.82, 2.24) is 4.90 Å². The minimum atomic E-state index is 0.898. The van der Waals surface area contributed by atoms with Crippen molar-refractivity contribution in [1.29, 1.82) is 0 Å². The summed E-state index contributed by atoms with van der Waals surface area (Å²) in [6, 6.07) is 0. The molecule has 88 valence electrons. The molecule has 0 spiro atoms. The van der Waals surface area contributed by atoms with E-state index >= 15 is 0 Å². The third-order valence-electron chi connectivity index (χ3n) is 2.66. The van der Waals surface area contributed by atoms with Crippen LogP contribution in [0, 0.1) is 5.92 Å². The van der Waals surface area contributed by atoms with Crippen LogP contribution in [0.5, 0.6) is 0 Å². The highest BCUT2D eigenvalue weighted by Gasteiger charge is 2.17. The lowest BCUT2D eigenvalue weighted by Gasteiger charge is -2.14. The quantitative estimate of drug-likeness (QED) is 0.635. The van der Waals surface area contributed by atoms with Gasteiger partial charge in [0.15, 0.2) is 0 Å². The van der Waals surface area contributed by atoms with Gasteiger partial charge in [0.2, 0.25) is 0 Å². The van der Waals surface area contributed by atoms with E-state index in [-0.39, 0.29) is 0 Å². The van der Waals surface area contributed by atoms with Crippen molar-refractivity contribution < 1.29 is 0 Å². The number of allylic oxidation sites excluding steroid dienone is 2. The van der Waals surface area contributed by atoms with Gasteiger partial charge in [-0.25, -0.2) is 0 Å². The molecule has 1 saturated heterocycles. The molecule has 0 saturated carbocycles. The summed E-state index contributed by atoms with van der Waals surface area (Å²) in [5.41, 5.74) is 1.25. The molecule has 0 aromatic rings. The zero-order chi connectivity index (χ0) is 11.7. The molecule has 0 radical (unpaired) electrons. The van der Waals surface area contributed by atoms with Gasteiger partial charge < -0.3 is 4.90 Å². The monoisotopic (exact) mass is 209 g/mol. The van der Waals surface area contributed by atoms with Gasteiger partial charge in [-0.15, -0.1) is 0 Å². The molecule has 1 rings (SSSR count). The van der Waals surface area contributed by atoms with Crippen LogP contribution in [0.1, 0.15) is 40.5 Å². The van der Waals surface area contributed by atoms with Crippen molar-refractivity contribution in [3.8, 4) is 0 Å². The highest BCUT2D eigenvalue weighted by atomic mass is 15.1. The topological polar surface area (TPSA) is 3.24 Å². The molecule has 0 N–H and O–H groups in total. The summed E-state index contributed by atoms with van der Waals surface area (Å²) < 4.78 is 0. The van der Waals surface area contributed by atoms with E-state index in [9.17, 15) is 0 Å². The largest absolute Gasteiger partial charge is 0.303 e. The fourth-order valence-electron chi connectivity index (χ4n) is 1.85. The summed E-state index contributed by atoms with van der Waals surface area (Å²) in [7, 11) is 0. The second-order valence-corrected chi connectivity index (χ2v) is 4.10. The molecule has 15 heavy (non-hydrogen) atoms. The lowest BCUT2D eigenvalue weighted by atomic mass is 10.2. The fourth-order valence-corrected chi connectivity index (χ4v) is 1.85. The van der Waals surface area contributed by atoms with Crippen LogP contribution < -0.4 is 0 Å². The van der Waals surface area contributed by atoms with Gasteiger partial charge in [0.25, 0.3) is 0 Å². The van der Waals surface area contributed by atoms with Crippen LogP contribution in [0.4, 0.5) is 0 Å². The molecule has 1 nitrogen and oxygen atoms in total. The maximum absolute atomic E-state index is 4.01. The molecule has 0 amide bonds. The van der Waals surface area contributed by atoms with Crippen molar-refractivity contribution in [3.63, 3.8) is 0 Å². The Morgan fingerprint density at radius 3 is 2.60 bits per heavy atom. The zero-order valence-corrected chi connectivity index (χ0v) is 10.9. The normalized spacial score (nSPS) is 21.5. The molecule has 1 aliphatic rings. The SMILES string of the molecule is C=C(/C=C\C)CCN1CCC(C)C1.CC. The third-order valence-corrected chi connectivity index (χ3v) is 2.66. The molecule has 1 heteroatoms. The summed E-state index contributed by atoms with van der Waals surface area (Å²) in [6.45, 7) is 16.1. The van der Waals surface area contributed by atoms with Crippen molar-refractivity contribution in [3.05, 3.63) is 24.3 Å². The Bertz CT molecular complexity index is 194. The number of nitrogens with zero attached hydrogens (tertiary/aromatic N) is 1. The fraction of sp³-hybridized carbons (Fsp3) is 0.714. The highest BCUT2D eigenvalue weighted by Crippen LogP contribution is 2.15. The van der Waals surface area contributed by atoms with Crippen LogP contribution >= 0.6 is 0 Å². The van der Waals surface area contributed by atoms with Crippen LogP contribution in [-0.4, -0.2) is 24.5 Å². The van der Waals surface area contributed by atoms with Gasteiger partial charge in [0.1, 0.15) is 0 Å². The van der Waals surface area contributed by atoms with Crippen LogP contribution in [0.15, 0.2) is 24.3 Å². The lowest BCUT2D eigenvalue weighted by molar-refractivity contribution is 0.333. The molecule has 1 aliphatic heterocycles. The average molecular weight is 209 g/mol. The Hall–Kier alpha value is -0.560. The molecule has 0 aliphatic carbocycles. The van der Waals surface area contributed by atoms with Crippen LogP contribution in [0.2, 0.25) is 0 Å². The first kappa shape index (κ1) is 14.4. The van der Waals surface area contributed by atoms with Crippen molar-refractivity contribution in [2.75, 3.05) is 19.6 Å². The van der Waals surface area contributed by atoms with Crippen molar-refractivity contribution in [2.24, 2.45) is 5.92 Å². The summed E-state index contributed by atoms with van der Waals surface area (Å²) in [4.78, 5) is 2.54. The predicted molar refractivity (Wildman–Crippen MR) is 70.1 cm³/mol. The van der Waals surface area contributed by atoms with Gasteiger partial charge in [-0.3, -0.25) is 0 Å². The van der Waals surface area contributed by atoms with E-state index in [0.717, 1.165) is 12.3 Å². The minimum absolute atomic E-state index is 0.898. The van der Waals surface area contributed by atoms with Crippen molar-refractivity contribution in [2.45, 2.75) is 40.5 Å². The summed E-state index contributed by atoms with van der Waals surface area (Å²) in [5, 5.41) is 0. The Labute approximate surface area is 95.9 Å². The molecule has 1 heterocycles. The van der Waals surface area contributed by atoms with Gasteiger partial charge in [0.05, 0.1) is 0 Å². The molecule has 1 unspecified atom stereocenters. The van der Waals surface area contributed by atoms with Gasteiger partial charge in [-0.05, 0) is 32.2 Å². The van der Waals surface area contributed by atoms with Crippen LogP contribution in [0.25, 0.3) is 0 Å². The third kappa shape index (κ3) is 6.51. The van der Waals surface area contributed by atoms with Gasteiger partial charge in [-0.2, -0.15) is 0 Å². The Morgan fingerprint density at radius 1 is 1.47 bits per heavy atom. The summed E-state index contributed by atoms with van der Waals surface area (Å²) in [5.74, 6) is 0.898. The van der Waals surface area contributed by atoms with E-state index in [0.29, 0.717) is 0 Å². The molecule has 0 aromatic carbocycles. The van der Waals surface area contributed by atoms with Gasteiger partial charge in [0, 0.05) is 13.1 Å². The Kier molecular flexibility index (Phi) is 8.40. The number of hydrogen-bond acceptors (Lipinski definition) is 1. The minimum Gasteiger partial charge on any atom is -0.303 e. The number of likely N-dealkylation sites (tertiary alicyclic amines) is 1. The Balaban J connectivity index is 0.000000921. The van der Waals surface area contributed by atoms with E-state index in [1.807, 2.05) is 20.8 Å². The first-order valence-electron chi connectivity index (χ1n) is 6.25. The highest BCUT2D eigenvalue weighted by molar-refractivity contribution is 5.13. The van der Waals surface area contributed by atoms with E-state index in [4.69, 9.17) is 0 Å². The van der Waals surface area contributed by atoms with Gasteiger partial charge >= 0.3 is 0 Å². The van der Waals surface area contributed by atoms with E-state index in [1.165, 1.54) is 31.6 Å². The van der Waals surface area contributed by atoms with Gasteiger partial charge in [-0.1, -0.05) is 45.1 Å². The second kappa shape index (κ2) is 8.72. The molecule has 0 aromatic heterocycles. The average Bonchev–Trinajstić information content (AvgIpc) is 2.65. The van der Waals surface area contributed by atoms with E-state index < -0.39 is 0 Å². The first-order chi connectivity index (χ1) is 7.22.